The van der Waals surface area contributed by atoms with E-state index in [9.17, 15) is 29.4 Å². The van der Waals surface area contributed by atoms with E-state index in [2.05, 4.69) is 24.4 Å². The Bertz CT molecular complexity index is 1300. The molecule has 4 rings (SSSR count). The van der Waals surface area contributed by atoms with Gasteiger partial charge in [0.1, 0.15) is 0 Å². The summed E-state index contributed by atoms with van der Waals surface area (Å²) in [6.45, 7) is 0. The van der Waals surface area contributed by atoms with Crippen LogP contribution in [-0.4, -0.2) is 43.8 Å². The molecule has 0 saturated heterocycles. The van der Waals surface area contributed by atoms with Gasteiger partial charge in [-0.05, 0) is 48.5 Å². The largest absolute Gasteiger partial charge is 2.00 e. The first-order valence-electron chi connectivity index (χ1n) is 11.6. The van der Waals surface area contributed by atoms with Crippen molar-refractivity contribution in [1.29, 1.82) is 0 Å². The van der Waals surface area contributed by atoms with E-state index in [1.807, 2.05) is 0 Å². The van der Waals surface area contributed by atoms with E-state index in [0.29, 0.717) is 9.80 Å². The van der Waals surface area contributed by atoms with Crippen LogP contribution in [0.4, 0.5) is 0 Å². The Morgan fingerprint density at radius 2 is 0.585 bits per heavy atom. The number of hydrogen-bond donors (Lipinski definition) is 0. The molecule has 0 aromatic heterocycles. The van der Waals surface area contributed by atoms with Crippen LogP contribution in [0.15, 0.2) is 121 Å². The van der Waals surface area contributed by atoms with Crippen LogP contribution in [0.25, 0.3) is 0 Å². The summed E-state index contributed by atoms with van der Waals surface area (Å²) in [5.41, 5.74) is 0.926. The fourth-order valence-corrected chi connectivity index (χ4v) is 3.69. The van der Waals surface area contributed by atoms with Crippen LogP contribution in [-0.2, 0) is 19.5 Å². The number of amides is 4. The van der Waals surface area contributed by atoms with Gasteiger partial charge in [0.15, 0.2) is 0 Å². The molecule has 0 unspecified atom stereocenters. The normalized spacial score (nSPS) is 9.56. The molecule has 0 spiro atoms. The topological polar surface area (TPSA) is 121 Å². The quantitative estimate of drug-likeness (QED) is 0.191. The summed E-state index contributed by atoms with van der Waals surface area (Å²) in [5, 5.41) is 20.9. The number of carbonyl (C=O) groups excluding carboxylic acids is 4. The average Bonchev–Trinajstić information content (AvgIpc) is 2.99. The molecule has 0 aliphatic rings. The fraction of sp³-hybridized carbons (Fsp3) is 0. The number of hydrogen-bond acceptors (Lipinski definition) is 8. The Kier molecular flexibility index (Phi) is 12.8. The molecule has 4 aromatic rings. The van der Waals surface area contributed by atoms with Crippen LogP contribution in [0.5, 0.6) is 0 Å². The Morgan fingerprint density at radius 1 is 0.415 bits per heavy atom. The number of thiocarbonyl (C=S) groups is 2. The fourth-order valence-electron chi connectivity index (χ4n) is 3.36. The van der Waals surface area contributed by atoms with Crippen LogP contribution >= 0.6 is 24.4 Å². The number of benzene rings is 4. The number of imide groups is 2. The molecule has 0 aliphatic carbocycles. The summed E-state index contributed by atoms with van der Waals surface area (Å²) in [4.78, 5) is 49.8. The van der Waals surface area contributed by atoms with Crippen molar-refractivity contribution in [2.45, 2.75) is 0 Å². The van der Waals surface area contributed by atoms with Crippen LogP contribution in [0.3, 0.4) is 0 Å². The Balaban J connectivity index is 0.000000280. The van der Waals surface area contributed by atoms with Gasteiger partial charge in [-0.2, -0.15) is 0 Å². The van der Waals surface area contributed by atoms with Gasteiger partial charge in [-0.3, -0.25) is 19.2 Å². The molecule has 200 valence electrons. The molecule has 0 saturated carbocycles. The monoisotopic (exact) mass is 632 g/mol. The summed E-state index contributed by atoms with van der Waals surface area (Å²) in [6.07, 6.45) is 0. The standard InChI is InChI=1S/2C15H11NO3S.Zn/c2*17-13(11-7-3-1-4-8-11)16(15(19)20)14(18)12-9-5-2-6-10-12;/h2*1-10H,(H,19,20);/q;;+2/p-2. The predicted octanol–water partition coefficient (Wildman–Crippen LogP) is 3.23. The van der Waals surface area contributed by atoms with Crippen molar-refractivity contribution in [2.75, 3.05) is 0 Å². The number of carbonyl (C=O) groups is 4. The molecule has 0 radical (unpaired) electrons. The van der Waals surface area contributed by atoms with Gasteiger partial charge in [0.2, 0.25) is 0 Å². The van der Waals surface area contributed by atoms with Crippen molar-refractivity contribution >= 4 is 58.4 Å². The smallest absolute Gasteiger partial charge is 0.851 e. The Morgan fingerprint density at radius 3 is 0.732 bits per heavy atom. The zero-order valence-electron chi connectivity index (χ0n) is 21.4. The second-order valence-corrected chi connectivity index (χ2v) is 8.59. The molecule has 0 heterocycles. The van der Waals surface area contributed by atoms with Crippen molar-refractivity contribution in [3.05, 3.63) is 144 Å². The van der Waals surface area contributed by atoms with Crippen LogP contribution in [0.1, 0.15) is 41.4 Å². The summed E-state index contributed by atoms with van der Waals surface area (Å²) in [7, 11) is 0. The van der Waals surface area contributed by atoms with Crippen molar-refractivity contribution in [3.63, 3.8) is 0 Å². The third kappa shape index (κ3) is 8.78. The van der Waals surface area contributed by atoms with Gasteiger partial charge >= 0.3 is 19.5 Å². The average molecular weight is 634 g/mol. The van der Waals surface area contributed by atoms with E-state index in [4.69, 9.17) is 0 Å². The number of rotatable bonds is 4. The molecule has 0 fully saturated rings. The molecular formula is C30H20N2O6S2Zn. The van der Waals surface area contributed by atoms with Gasteiger partial charge in [0.05, 0.1) is 0 Å². The van der Waals surface area contributed by atoms with Crippen LogP contribution < -0.4 is 10.2 Å². The molecule has 41 heavy (non-hydrogen) atoms. The molecule has 0 N–H and O–H groups in total. The first-order valence-corrected chi connectivity index (χ1v) is 12.4. The van der Waals surface area contributed by atoms with E-state index in [-0.39, 0.29) is 41.7 Å². The summed E-state index contributed by atoms with van der Waals surface area (Å²) in [6, 6.07) is 32.2. The molecular weight excluding hydrogens is 614 g/mol. The minimum absolute atomic E-state index is 0. The second-order valence-electron chi connectivity index (χ2n) is 7.89. The van der Waals surface area contributed by atoms with Gasteiger partial charge in [0.25, 0.3) is 23.6 Å². The van der Waals surface area contributed by atoms with Gasteiger partial charge in [0, 0.05) is 32.6 Å². The van der Waals surface area contributed by atoms with Crippen molar-refractivity contribution in [2.24, 2.45) is 0 Å². The van der Waals surface area contributed by atoms with Crippen molar-refractivity contribution in [1.82, 2.24) is 9.80 Å². The molecule has 0 aliphatic heterocycles. The summed E-state index contributed by atoms with van der Waals surface area (Å²) < 4.78 is 0. The summed E-state index contributed by atoms with van der Waals surface area (Å²) >= 11 is 9.00. The Labute approximate surface area is 259 Å². The molecule has 0 bridgehead atoms. The first kappa shape index (κ1) is 32.8. The zero-order valence-corrected chi connectivity index (χ0v) is 26.0. The van der Waals surface area contributed by atoms with Crippen molar-refractivity contribution < 1.29 is 48.9 Å². The van der Waals surface area contributed by atoms with E-state index >= 15 is 0 Å². The van der Waals surface area contributed by atoms with E-state index in [1.165, 1.54) is 48.5 Å². The van der Waals surface area contributed by atoms with Gasteiger partial charge in [-0.15, -0.1) is 0 Å². The minimum atomic E-state index is -1.02. The Hall–Kier alpha value is -4.44. The SMILES string of the molecule is O=C(c1ccccc1)N(C(=O)c1ccccc1)C([O-])=S.O=C(c1ccccc1)N(C(=O)c1ccccc1)C([O-])=S.[Zn+2]. The third-order valence-electron chi connectivity index (χ3n) is 5.26. The summed E-state index contributed by atoms with van der Waals surface area (Å²) in [5.74, 6) is -2.89. The number of nitrogens with zero attached hydrogens (tertiary/aromatic N) is 2. The molecule has 4 amide bonds. The minimum Gasteiger partial charge on any atom is -0.851 e. The van der Waals surface area contributed by atoms with Gasteiger partial charge in [-0.1, -0.05) is 97.2 Å². The molecule has 11 heteroatoms. The van der Waals surface area contributed by atoms with Gasteiger partial charge < -0.3 is 10.2 Å². The van der Waals surface area contributed by atoms with Crippen LogP contribution in [0, 0.1) is 0 Å². The maximum Gasteiger partial charge on any atom is 2.00 e. The molecule has 0 atom stereocenters. The maximum absolute atomic E-state index is 12.2. The zero-order chi connectivity index (χ0) is 29.1. The van der Waals surface area contributed by atoms with Gasteiger partial charge in [-0.25, -0.2) is 9.80 Å². The first-order chi connectivity index (χ1) is 19.2. The molecule has 4 aromatic carbocycles. The maximum atomic E-state index is 12.2. The van der Waals surface area contributed by atoms with E-state index in [0.717, 1.165) is 0 Å². The van der Waals surface area contributed by atoms with Crippen LogP contribution in [0.2, 0.25) is 0 Å². The van der Waals surface area contributed by atoms with E-state index in [1.54, 1.807) is 72.8 Å². The second kappa shape index (κ2) is 16.0. The molecule has 8 nitrogen and oxygen atoms in total. The third-order valence-corrected chi connectivity index (χ3v) is 5.63. The predicted molar refractivity (Wildman–Crippen MR) is 152 cm³/mol. The van der Waals surface area contributed by atoms with E-state index < -0.39 is 34.0 Å². The van der Waals surface area contributed by atoms with Crippen molar-refractivity contribution in [3.8, 4) is 0 Å².